The van der Waals surface area contributed by atoms with Gasteiger partial charge >= 0.3 is 0 Å². The van der Waals surface area contributed by atoms with Crippen molar-refractivity contribution in [3.63, 3.8) is 0 Å². The maximum absolute atomic E-state index is 2.53. The summed E-state index contributed by atoms with van der Waals surface area (Å²) < 4.78 is 2.38. The summed E-state index contributed by atoms with van der Waals surface area (Å²) in [5.74, 6) is 0. The zero-order valence-corrected chi connectivity index (χ0v) is 32.2. The highest BCUT2D eigenvalue weighted by Gasteiger charge is 2.40. The van der Waals surface area contributed by atoms with Crippen LogP contribution in [0.3, 0.4) is 0 Å². The topological polar surface area (TPSA) is 8.17 Å². The molecule has 1 heterocycles. The molecule has 0 atom stereocenters. The van der Waals surface area contributed by atoms with Gasteiger partial charge in [-0.3, -0.25) is 0 Å². The SMILES string of the molecule is CC1(C)c2ccccc2-c2c(N(c3ccc(-c4ccc(-n5c6ccccc6c6ccccc65)cc4)cc3)c3cccc4c3-c3ccccc3C4(C)C)cccc21. The lowest BCUT2D eigenvalue weighted by Gasteiger charge is -2.31. The Morgan fingerprint density at radius 3 is 1.29 bits per heavy atom. The van der Waals surface area contributed by atoms with Crippen molar-refractivity contribution in [1.82, 2.24) is 4.57 Å². The summed E-state index contributed by atoms with van der Waals surface area (Å²) in [5, 5.41) is 2.55. The summed E-state index contributed by atoms with van der Waals surface area (Å²) in [5.41, 5.74) is 20.1. The molecular formula is C54H42N2. The zero-order chi connectivity index (χ0) is 37.8. The van der Waals surface area contributed by atoms with Gasteiger partial charge in [0.1, 0.15) is 0 Å². The Labute approximate surface area is 328 Å². The number of rotatable bonds is 5. The molecule has 0 spiro atoms. The molecule has 8 aromatic carbocycles. The van der Waals surface area contributed by atoms with Gasteiger partial charge in [0.15, 0.2) is 0 Å². The van der Waals surface area contributed by atoms with Crippen LogP contribution in [-0.4, -0.2) is 4.57 Å². The number of anilines is 3. The fourth-order valence-corrected chi connectivity index (χ4v) is 10.1. The average Bonchev–Trinajstić information content (AvgIpc) is 3.79. The minimum Gasteiger partial charge on any atom is -0.309 e. The van der Waals surface area contributed by atoms with Crippen LogP contribution in [0.5, 0.6) is 0 Å². The predicted molar refractivity (Wildman–Crippen MR) is 236 cm³/mol. The molecule has 2 nitrogen and oxygen atoms in total. The van der Waals surface area contributed by atoms with Crippen LogP contribution in [0.1, 0.15) is 49.9 Å². The third kappa shape index (κ3) is 4.56. The summed E-state index contributed by atoms with van der Waals surface area (Å²) in [6.45, 7) is 9.47. The second-order valence-corrected chi connectivity index (χ2v) is 16.5. The third-order valence-corrected chi connectivity index (χ3v) is 12.8. The minimum absolute atomic E-state index is 0.101. The Balaban J connectivity index is 1.06. The van der Waals surface area contributed by atoms with E-state index in [1.165, 1.54) is 88.8 Å². The molecule has 268 valence electrons. The van der Waals surface area contributed by atoms with Crippen molar-refractivity contribution in [3.05, 3.63) is 204 Å². The molecule has 0 aliphatic heterocycles. The van der Waals surface area contributed by atoms with Crippen molar-refractivity contribution < 1.29 is 0 Å². The van der Waals surface area contributed by atoms with Gasteiger partial charge in [-0.25, -0.2) is 0 Å². The van der Waals surface area contributed by atoms with E-state index in [1.807, 2.05) is 0 Å². The summed E-state index contributed by atoms with van der Waals surface area (Å²) in [7, 11) is 0. The van der Waals surface area contributed by atoms with Crippen LogP contribution in [-0.2, 0) is 10.8 Å². The number of hydrogen-bond acceptors (Lipinski definition) is 1. The number of hydrogen-bond donors (Lipinski definition) is 0. The van der Waals surface area contributed by atoms with Gasteiger partial charge in [-0.2, -0.15) is 0 Å². The molecule has 56 heavy (non-hydrogen) atoms. The molecule has 11 rings (SSSR count). The number of aromatic nitrogens is 1. The van der Waals surface area contributed by atoms with E-state index in [4.69, 9.17) is 0 Å². The number of fused-ring (bicyclic) bond motifs is 9. The van der Waals surface area contributed by atoms with E-state index in [9.17, 15) is 0 Å². The number of benzene rings is 8. The van der Waals surface area contributed by atoms with E-state index in [0.29, 0.717) is 0 Å². The Bertz CT molecular complexity index is 2850. The first kappa shape index (κ1) is 32.8. The van der Waals surface area contributed by atoms with E-state index >= 15 is 0 Å². The highest BCUT2D eigenvalue weighted by Crippen LogP contribution is 2.58. The molecule has 2 heteroatoms. The average molecular weight is 719 g/mol. The number of para-hydroxylation sites is 2. The van der Waals surface area contributed by atoms with Crippen LogP contribution in [0.2, 0.25) is 0 Å². The van der Waals surface area contributed by atoms with Gasteiger partial charge in [0, 0.05) is 44.1 Å². The second kappa shape index (κ2) is 11.9. The normalized spacial score (nSPS) is 14.4. The van der Waals surface area contributed by atoms with Gasteiger partial charge < -0.3 is 9.47 Å². The lowest BCUT2D eigenvalue weighted by atomic mass is 9.82. The van der Waals surface area contributed by atoms with E-state index < -0.39 is 0 Å². The molecule has 2 aliphatic rings. The van der Waals surface area contributed by atoms with Gasteiger partial charge in [-0.05, 0) is 93.0 Å². The van der Waals surface area contributed by atoms with Crippen LogP contribution < -0.4 is 4.90 Å². The van der Waals surface area contributed by atoms with Crippen molar-refractivity contribution >= 4 is 38.9 Å². The van der Waals surface area contributed by atoms with Gasteiger partial charge in [0.25, 0.3) is 0 Å². The first-order valence-corrected chi connectivity index (χ1v) is 19.8. The van der Waals surface area contributed by atoms with Gasteiger partial charge in [-0.1, -0.05) is 161 Å². The molecule has 0 saturated carbocycles. The first-order valence-electron chi connectivity index (χ1n) is 19.8. The first-order chi connectivity index (χ1) is 27.3. The fraction of sp³-hybridized carbons (Fsp3) is 0.111. The second-order valence-electron chi connectivity index (χ2n) is 16.5. The quantitative estimate of drug-likeness (QED) is 0.172. The fourth-order valence-electron chi connectivity index (χ4n) is 10.1. The van der Waals surface area contributed by atoms with E-state index in [2.05, 4.69) is 219 Å². The summed E-state index contributed by atoms with van der Waals surface area (Å²) in [6, 6.07) is 67.4. The Morgan fingerprint density at radius 2 is 0.786 bits per heavy atom. The molecule has 0 saturated heterocycles. The molecule has 9 aromatic rings. The highest BCUT2D eigenvalue weighted by molar-refractivity contribution is 6.09. The van der Waals surface area contributed by atoms with Crippen LogP contribution >= 0.6 is 0 Å². The third-order valence-electron chi connectivity index (χ3n) is 12.8. The highest BCUT2D eigenvalue weighted by atomic mass is 15.1. The zero-order valence-electron chi connectivity index (χ0n) is 32.2. The maximum Gasteiger partial charge on any atom is 0.0543 e. The molecule has 0 N–H and O–H groups in total. The summed E-state index contributed by atoms with van der Waals surface area (Å²) >= 11 is 0. The Morgan fingerprint density at radius 1 is 0.375 bits per heavy atom. The summed E-state index contributed by atoms with van der Waals surface area (Å²) in [6.07, 6.45) is 0. The van der Waals surface area contributed by atoms with Crippen molar-refractivity contribution in [1.29, 1.82) is 0 Å². The van der Waals surface area contributed by atoms with Crippen molar-refractivity contribution in [2.24, 2.45) is 0 Å². The molecule has 0 fully saturated rings. The minimum atomic E-state index is -0.101. The predicted octanol–water partition coefficient (Wildman–Crippen LogP) is 14.5. The summed E-state index contributed by atoms with van der Waals surface area (Å²) in [4.78, 5) is 2.53. The molecule has 0 radical (unpaired) electrons. The Hall–Kier alpha value is -6.64. The van der Waals surface area contributed by atoms with Gasteiger partial charge in [-0.15, -0.1) is 0 Å². The van der Waals surface area contributed by atoms with Crippen LogP contribution in [0.4, 0.5) is 17.1 Å². The molecule has 0 unspecified atom stereocenters. The lowest BCUT2D eigenvalue weighted by molar-refractivity contribution is 0.660. The molecule has 1 aromatic heterocycles. The van der Waals surface area contributed by atoms with Crippen LogP contribution in [0.15, 0.2) is 182 Å². The van der Waals surface area contributed by atoms with E-state index in [-0.39, 0.29) is 10.8 Å². The van der Waals surface area contributed by atoms with Crippen molar-refractivity contribution in [3.8, 4) is 39.1 Å². The van der Waals surface area contributed by atoms with Gasteiger partial charge in [0.2, 0.25) is 0 Å². The van der Waals surface area contributed by atoms with Gasteiger partial charge in [0.05, 0.1) is 22.4 Å². The Kier molecular flexibility index (Phi) is 6.98. The molecule has 2 aliphatic carbocycles. The monoisotopic (exact) mass is 718 g/mol. The van der Waals surface area contributed by atoms with Crippen LogP contribution in [0.25, 0.3) is 60.9 Å². The number of nitrogens with zero attached hydrogens (tertiary/aromatic N) is 2. The maximum atomic E-state index is 2.53. The largest absolute Gasteiger partial charge is 0.309 e. The van der Waals surface area contributed by atoms with Crippen molar-refractivity contribution in [2.75, 3.05) is 4.90 Å². The van der Waals surface area contributed by atoms with E-state index in [0.717, 1.165) is 11.4 Å². The molecule has 0 bridgehead atoms. The van der Waals surface area contributed by atoms with Crippen LogP contribution in [0, 0.1) is 0 Å². The van der Waals surface area contributed by atoms with E-state index in [1.54, 1.807) is 0 Å². The standard InChI is InChI=1S/C54H42N2/c1-53(2)43-19-9-5-17-41(43)51-45(53)21-13-25-49(51)56(50-26-14-22-46-52(50)42-18-6-10-20-44(42)54(46,3)4)38-33-29-36(30-34-38)35-27-31-37(32-28-35)55-47-23-11-7-15-39(47)40-16-8-12-24-48(40)55/h5-34H,1-4H3. The smallest absolute Gasteiger partial charge is 0.0543 e. The van der Waals surface area contributed by atoms with Crippen molar-refractivity contribution in [2.45, 2.75) is 38.5 Å². The molecule has 0 amide bonds. The lowest BCUT2D eigenvalue weighted by Crippen LogP contribution is -2.17. The molecular weight excluding hydrogens is 677 g/mol.